The van der Waals surface area contributed by atoms with Gasteiger partial charge in [0.1, 0.15) is 12.3 Å². The second-order valence-corrected chi connectivity index (χ2v) is 8.14. The van der Waals surface area contributed by atoms with E-state index in [2.05, 4.69) is 37.9 Å². The third kappa shape index (κ3) is 6.76. The smallest absolute Gasteiger partial charge is 0.234 e. The lowest BCUT2D eigenvalue weighted by Gasteiger charge is -2.23. The van der Waals surface area contributed by atoms with Gasteiger partial charge in [-0.3, -0.25) is 9.80 Å². The quantitative estimate of drug-likeness (QED) is 0.619. The number of nitrogens with zero attached hydrogens (tertiary/aromatic N) is 3. The molecule has 3 rings (SSSR count). The third-order valence-corrected chi connectivity index (χ3v) is 5.19. The molecule has 1 amide bonds. The lowest BCUT2D eigenvalue weighted by molar-refractivity contribution is -0.113. The third-order valence-electron chi connectivity index (χ3n) is 3.82. The molecule has 8 heteroatoms. The topological polar surface area (TPSA) is 66.3 Å². The molecular weight excluding hydrogens is 452 g/mol. The monoisotopic (exact) mass is 472 g/mol. The Kier molecular flexibility index (Phi) is 7.48. The number of aliphatic imine (C=N–C) groups is 1. The molecule has 1 heterocycles. The number of amides is 1. The molecule has 29 heavy (non-hydrogen) atoms. The molecule has 6 nitrogen and oxygen atoms in total. The predicted octanol–water partition coefficient (Wildman–Crippen LogP) is 4.68. The van der Waals surface area contributed by atoms with Crippen LogP contribution in [0, 0.1) is 6.92 Å². The van der Waals surface area contributed by atoms with E-state index in [1.807, 2.05) is 55.5 Å². The van der Waals surface area contributed by atoms with E-state index < -0.39 is 0 Å². The van der Waals surface area contributed by atoms with Crippen molar-refractivity contribution in [2.24, 2.45) is 10.1 Å². The second kappa shape index (κ2) is 10.3. The lowest BCUT2D eigenvalue weighted by atomic mass is 10.2. The summed E-state index contributed by atoms with van der Waals surface area (Å²) in [5, 5.41) is 9.60. The van der Waals surface area contributed by atoms with Gasteiger partial charge in [0.05, 0.1) is 12.3 Å². The van der Waals surface area contributed by atoms with Crippen molar-refractivity contribution in [1.82, 2.24) is 5.01 Å². The zero-order chi connectivity index (χ0) is 20.6. The van der Waals surface area contributed by atoms with Crippen molar-refractivity contribution in [2.75, 3.05) is 24.2 Å². The Morgan fingerprint density at radius 1 is 1.28 bits per heavy atom. The fourth-order valence-corrected chi connectivity index (χ4v) is 3.39. The van der Waals surface area contributed by atoms with Crippen molar-refractivity contribution in [1.29, 1.82) is 0 Å². The number of carbonyl (C=O) groups is 1. The summed E-state index contributed by atoms with van der Waals surface area (Å²) in [7, 11) is 0. The molecule has 2 aromatic rings. The molecule has 0 saturated carbocycles. The molecule has 2 aromatic carbocycles. The van der Waals surface area contributed by atoms with Crippen LogP contribution in [0.15, 0.2) is 75.8 Å². The van der Waals surface area contributed by atoms with E-state index in [1.54, 1.807) is 11.1 Å². The van der Waals surface area contributed by atoms with Gasteiger partial charge < -0.3 is 10.1 Å². The number of amidine groups is 1. The van der Waals surface area contributed by atoms with Crippen molar-refractivity contribution in [3.63, 3.8) is 0 Å². The molecule has 0 spiro atoms. The number of halogens is 1. The fraction of sp³-hybridized carbons (Fsp3) is 0.190. The maximum Gasteiger partial charge on any atom is 0.234 e. The minimum Gasteiger partial charge on any atom is -0.441 e. The van der Waals surface area contributed by atoms with Crippen LogP contribution >= 0.6 is 27.7 Å². The average molecular weight is 473 g/mol. The van der Waals surface area contributed by atoms with Crippen LogP contribution in [0.1, 0.15) is 5.56 Å². The number of hydrogen-bond donors (Lipinski definition) is 1. The maximum absolute atomic E-state index is 12.3. The van der Waals surface area contributed by atoms with Gasteiger partial charge >= 0.3 is 0 Å². The summed E-state index contributed by atoms with van der Waals surface area (Å²) in [5.74, 6) is 1.29. The Balaban J connectivity index is 1.62. The average Bonchev–Trinajstić information content (AvgIpc) is 2.70. The van der Waals surface area contributed by atoms with E-state index in [9.17, 15) is 4.79 Å². The summed E-state index contributed by atoms with van der Waals surface area (Å²) in [4.78, 5) is 16.7. The van der Waals surface area contributed by atoms with Gasteiger partial charge in [-0.05, 0) is 43.3 Å². The summed E-state index contributed by atoms with van der Waals surface area (Å²) >= 11 is 4.67. The maximum atomic E-state index is 12.3. The lowest BCUT2D eigenvalue weighted by Crippen LogP contribution is -2.33. The zero-order valence-electron chi connectivity index (χ0n) is 16.0. The van der Waals surface area contributed by atoms with Gasteiger partial charge in [-0.2, -0.15) is 4.99 Å². The van der Waals surface area contributed by atoms with Crippen LogP contribution in [0.25, 0.3) is 0 Å². The van der Waals surface area contributed by atoms with E-state index in [1.165, 1.54) is 11.8 Å². The Bertz CT molecular complexity index is 927. The normalized spacial score (nSPS) is 13.4. The summed E-state index contributed by atoms with van der Waals surface area (Å²) in [6.45, 7) is 6.75. The SMILES string of the molecule is C=CCN1CC(Oc2ccc(Br)cc2)=NC(SCC(=O)Nc2ccc(C)cc2)=N1. The standard InChI is InChI=1S/C21H21BrN4O2S/c1-3-12-26-13-20(28-18-10-6-16(22)7-11-18)24-21(25-26)29-14-19(27)23-17-8-4-15(2)5-9-17/h3-11H,1,12-14H2,2H3,(H,23,27). The Morgan fingerprint density at radius 2 is 2.00 bits per heavy atom. The van der Waals surface area contributed by atoms with E-state index in [4.69, 9.17) is 4.74 Å². The molecule has 0 aliphatic carbocycles. The second-order valence-electron chi connectivity index (χ2n) is 6.28. The molecule has 1 N–H and O–H groups in total. The Hall–Kier alpha value is -2.58. The highest BCUT2D eigenvalue weighted by molar-refractivity contribution is 9.10. The van der Waals surface area contributed by atoms with Crippen molar-refractivity contribution >= 4 is 50.4 Å². The Morgan fingerprint density at radius 3 is 2.69 bits per heavy atom. The van der Waals surface area contributed by atoms with Crippen LogP contribution in [-0.2, 0) is 4.79 Å². The first-order chi connectivity index (χ1) is 14.0. The highest BCUT2D eigenvalue weighted by Gasteiger charge is 2.18. The van der Waals surface area contributed by atoms with Gasteiger partial charge in [0, 0.05) is 10.2 Å². The Labute approximate surface area is 182 Å². The van der Waals surface area contributed by atoms with E-state index in [0.29, 0.717) is 29.9 Å². The van der Waals surface area contributed by atoms with Crippen LogP contribution in [0.5, 0.6) is 5.75 Å². The number of anilines is 1. The largest absolute Gasteiger partial charge is 0.441 e. The summed E-state index contributed by atoms with van der Waals surface area (Å²) in [6, 6.07) is 15.2. The van der Waals surface area contributed by atoms with Gasteiger partial charge in [0.15, 0.2) is 0 Å². The minimum atomic E-state index is -0.118. The number of nitrogens with one attached hydrogen (secondary N) is 1. The van der Waals surface area contributed by atoms with Gasteiger partial charge in [-0.15, -0.1) is 11.7 Å². The van der Waals surface area contributed by atoms with Crippen molar-refractivity contribution in [3.8, 4) is 5.75 Å². The van der Waals surface area contributed by atoms with Crippen molar-refractivity contribution < 1.29 is 9.53 Å². The van der Waals surface area contributed by atoms with E-state index in [0.717, 1.165) is 15.7 Å². The highest BCUT2D eigenvalue weighted by Crippen LogP contribution is 2.19. The van der Waals surface area contributed by atoms with Crippen molar-refractivity contribution in [3.05, 3.63) is 71.2 Å². The number of ether oxygens (including phenoxy) is 1. The van der Waals surface area contributed by atoms with Crippen LogP contribution in [0.4, 0.5) is 5.69 Å². The first-order valence-electron chi connectivity index (χ1n) is 8.96. The molecule has 1 aliphatic rings. The summed E-state index contributed by atoms with van der Waals surface area (Å²) in [5.41, 5.74) is 1.91. The number of hydrazone groups is 1. The summed E-state index contributed by atoms with van der Waals surface area (Å²) < 4.78 is 6.86. The van der Waals surface area contributed by atoms with Crippen LogP contribution in [0.3, 0.4) is 0 Å². The highest BCUT2D eigenvalue weighted by atomic mass is 79.9. The number of carbonyl (C=O) groups excluding carboxylic acids is 1. The van der Waals surface area contributed by atoms with Crippen LogP contribution in [0.2, 0.25) is 0 Å². The first kappa shape index (κ1) is 21.1. The predicted molar refractivity (Wildman–Crippen MR) is 124 cm³/mol. The zero-order valence-corrected chi connectivity index (χ0v) is 18.4. The summed E-state index contributed by atoms with van der Waals surface area (Å²) in [6.07, 6.45) is 1.76. The molecule has 0 radical (unpaired) electrons. The van der Waals surface area contributed by atoms with Gasteiger partial charge in [0.2, 0.25) is 17.0 Å². The molecule has 0 unspecified atom stereocenters. The van der Waals surface area contributed by atoms with E-state index >= 15 is 0 Å². The van der Waals surface area contributed by atoms with Gasteiger partial charge in [-0.1, -0.05) is 51.5 Å². The molecule has 0 bridgehead atoms. The molecule has 0 atom stereocenters. The van der Waals surface area contributed by atoms with Crippen molar-refractivity contribution in [2.45, 2.75) is 6.92 Å². The van der Waals surface area contributed by atoms with E-state index in [-0.39, 0.29) is 11.7 Å². The van der Waals surface area contributed by atoms with Gasteiger partial charge in [-0.25, -0.2) is 0 Å². The molecule has 0 aromatic heterocycles. The number of aryl methyl sites for hydroxylation is 1. The first-order valence-corrected chi connectivity index (χ1v) is 10.7. The van der Waals surface area contributed by atoms with Crippen LogP contribution in [-0.4, -0.2) is 40.8 Å². The number of benzene rings is 2. The van der Waals surface area contributed by atoms with Crippen LogP contribution < -0.4 is 10.1 Å². The molecule has 1 aliphatic heterocycles. The molecule has 0 fully saturated rings. The minimum absolute atomic E-state index is 0.118. The number of rotatable bonds is 6. The molecule has 0 saturated heterocycles. The number of thioether (sulfide) groups is 1. The molecular formula is C21H21BrN4O2S. The number of hydrogen-bond acceptors (Lipinski definition) is 6. The molecule has 150 valence electrons. The van der Waals surface area contributed by atoms with Gasteiger partial charge in [0.25, 0.3) is 0 Å². The fourth-order valence-electron chi connectivity index (χ4n) is 2.45.